The molecule has 0 radical (unpaired) electrons. The van der Waals surface area contributed by atoms with Crippen LogP contribution in [0.3, 0.4) is 0 Å². The number of fused-ring (bicyclic) bond motifs is 1. The Balaban J connectivity index is 1.99. The van der Waals surface area contributed by atoms with E-state index in [2.05, 4.69) is 5.32 Å². The van der Waals surface area contributed by atoms with Crippen molar-refractivity contribution in [1.29, 1.82) is 0 Å². The maximum absolute atomic E-state index is 13.4. The predicted octanol–water partition coefficient (Wildman–Crippen LogP) is 3.42. The summed E-state index contributed by atoms with van der Waals surface area (Å²) in [5, 5.41) is 2.93. The largest absolute Gasteiger partial charge is 0.476 e. The molecule has 1 aliphatic heterocycles. The van der Waals surface area contributed by atoms with Crippen molar-refractivity contribution in [3.8, 4) is 5.75 Å². The van der Waals surface area contributed by atoms with E-state index in [4.69, 9.17) is 4.74 Å². The summed E-state index contributed by atoms with van der Waals surface area (Å²) >= 11 is 0. The molecule has 6 nitrogen and oxygen atoms in total. The van der Waals surface area contributed by atoms with Crippen LogP contribution in [0.2, 0.25) is 0 Å². The van der Waals surface area contributed by atoms with Crippen molar-refractivity contribution in [2.75, 3.05) is 10.8 Å². The van der Waals surface area contributed by atoms with Gasteiger partial charge in [-0.15, -0.1) is 0 Å². The Hall–Kier alpha value is -2.54. The summed E-state index contributed by atoms with van der Waals surface area (Å²) in [7, 11) is -3.84. The van der Waals surface area contributed by atoms with Crippen molar-refractivity contribution in [3.63, 3.8) is 0 Å². The Morgan fingerprint density at radius 2 is 1.69 bits per heavy atom. The Bertz CT molecular complexity index is 1000. The van der Waals surface area contributed by atoms with E-state index in [9.17, 15) is 13.2 Å². The number of benzene rings is 2. The van der Waals surface area contributed by atoms with Crippen molar-refractivity contribution in [3.05, 3.63) is 53.6 Å². The predicted molar refractivity (Wildman–Crippen MR) is 114 cm³/mol. The van der Waals surface area contributed by atoms with Crippen molar-refractivity contribution < 1.29 is 17.9 Å². The third-order valence-electron chi connectivity index (χ3n) is 5.26. The molecule has 2 aromatic carbocycles. The molecule has 1 aliphatic rings. The van der Waals surface area contributed by atoms with Crippen molar-refractivity contribution >= 4 is 21.6 Å². The van der Waals surface area contributed by atoms with E-state index in [0.29, 0.717) is 11.4 Å². The summed E-state index contributed by atoms with van der Waals surface area (Å²) in [6.07, 6.45) is -0.925. The first-order valence-electron chi connectivity index (χ1n) is 9.76. The molecule has 3 rings (SSSR count). The molecule has 2 aromatic rings. The van der Waals surface area contributed by atoms with Crippen molar-refractivity contribution in [2.45, 2.75) is 51.7 Å². The Morgan fingerprint density at radius 3 is 2.31 bits per heavy atom. The van der Waals surface area contributed by atoms with Crippen LogP contribution in [0.1, 0.15) is 31.9 Å². The lowest BCUT2D eigenvalue weighted by molar-refractivity contribution is -0.128. The normalized spacial score (nSPS) is 17.4. The topological polar surface area (TPSA) is 75.7 Å². The minimum absolute atomic E-state index is 0.0489. The number of ether oxygens (including phenoxy) is 1. The average molecular weight is 417 g/mol. The van der Waals surface area contributed by atoms with Gasteiger partial charge in [0.2, 0.25) is 0 Å². The fraction of sp³-hybridized carbons (Fsp3) is 0.409. The highest BCUT2D eigenvalue weighted by Gasteiger charge is 2.38. The van der Waals surface area contributed by atoms with Crippen LogP contribution in [0.5, 0.6) is 5.75 Å². The zero-order valence-electron chi connectivity index (χ0n) is 17.5. The highest BCUT2D eigenvalue weighted by atomic mass is 32.2. The number of hydrogen-bond donors (Lipinski definition) is 1. The van der Waals surface area contributed by atoms with Crippen LogP contribution < -0.4 is 14.4 Å². The number of hydrogen-bond acceptors (Lipinski definition) is 4. The SMILES string of the molecule is Cc1ccc(S(=O)(=O)N2CC(C(=O)NC(C)C(C)C)Oc3cc(C)ccc32)cc1. The quantitative estimate of drug-likeness (QED) is 0.810. The van der Waals surface area contributed by atoms with Gasteiger partial charge in [0.1, 0.15) is 5.75 Å². The first-order chi connectivity index (χ1) is 13.6. The molecule has 29 heavy (non-hydrogen) atoms. The van der Waals surface area contributed by atoms with Crippen LogP contribution >= 0.6 is 0 Å². The molecule has 156 valence electrons. The highest BCUT2D eigenvalue weighted by Crippen LogP contribution is 2.37. The minimum Gasteiger partial charge on any atom is -0.476 e. The molecule has 7 heteroatoms. The van der Waals surface area contributed by atoms with Gasteiger partial charge in [-0.1, -0.05) is 37.6 Å². The van der Waals surface area contributed by atoms with Crippen LogP contribution in [0.25, 0.3) is 0 Å². The van der Waals surface area contributed by atoms with Crippen LogP contribution in [0, 0.1) is 19.8 Å². The van der Waals surface area contributed by atoms with Gasteiger partial charge in [-0.05, 0) is 56.5 Å². The third kappa shape index (κ3) is 4.40. The van der Waals surface area contributed by atoms with E-state index in [0.717, 1.165) is 11.1 Å². The van der Waals surface area contributed by atoms with E-state index in [1.807, 2.05) is 40.7 Å². The summed E-state index contributed by atoms with van der Waals surface area (Å²) in [6, 6.07) is 12.0. The number of rotatable bonds is 5. The monoisotopic (exact) mass is 416 g/mol. The van der Waals surface area contributed by atoms with Gasteiger partial charge >= 0.3 is 0 Å². The first-order valence-corrected chi connectivity index (χ1v) is 11.2. The molecule has 1 amide bonds. The van der Waals surface area contributed by atoms with Gasteiger partial charge < -0.3 is 10.1 Å². The smallest absolute Gasteiger partial charge is 0.264 e. The number of nitrogens with one attached hydrogen (secondary N) is 1. The number of amides is 1. The molecule has 2 unspecified atom stereocenters. The van der Waals surface area contributed by atoms with Crippen molar-refractivity contribution in [1.82, 2.24) is 5.32 Å². The molecule has 0 spiro atoms. The molecule has 0 bridgehead atoms. The average Bonchev–Trinajstić information content (AvgIpc) is 2.66. The molecule has 1 N–H and O–H groups in total. The molecular weight excluding hydrogens is 388 g/mol. The zero-order chi connectivity index (χ0) is 21.3. The van der Waals surface area contributed by atoms with Crippen molar-refractivity contribution in [2.24, 2.45) is 5.92 Å². The summed E-state index contributed by atoms with van der Waals surface area (Å²) < 4.78 is 34.0. The van der Waals surface area contributed by atoms with Crippen LogP contribution in [-0.2, 0) is 14.8 Å². The van der Waals surface area contributed by atoms with Gasteiger partial charge in [0.15, 0.2) is 6.10 Å². The number of carbonyl (C=O) groups is 1. The second kappa shape index (κ2) is 8.06. The van der Waals surface area contributed by atoms with Crippen LogP contribution in [0.15, 0.2) is 47.4 Å². The lowest BCUT2D eigenvalue weighted by Crippen LogP contribution is -2.52. The molecule has 0 saturated carbocycles. The number of nitrogens with zero attached hydrogens (tertiary/aromatic N) is 1. The summed E-state index contributed by atoms with van der Waals surface area (Å²) in [6.45, 7) is 9.67. The van der Waals surface area contributed by atoms with Gasteiger partial charge in [-0.2, -0.15) is 0 Å². The first kappa shape index (κ1) is 21.2. The lowest BCUT2D eigenvalue weighted by Gasteiger charge is -2.35. The van der Waals surface area contributed by atoms with Gasteiger partial charge in [-0.25, -0.2) is 8.42 Å². The van der Waals surface area contributed by atoms with Gasteiger partial charge in [0.05, 0.1) is 17.1 Å². The number of carbonyl (C=O) groups excluding carboxylic acids is 1. The van der Waals surface area contributed by atoms with Gasteiger partial charge in [0.25, 0.3) is 15.9 Å². The van der Waals surface area contributed by atoms with Crippen LogP contribution in [-0.4, -0.2) is 33.0 Å². The standard InChI is InChI=1S/C22H28N2O4S/c1-14(2)17(5)23-22(25)21-13-24(19-11-8-16(4)12-20(19)28-21)29(26,27)18-9-6-15(3)7-10-18/h6-12,14,17,21H,13H2,1-5H3,(H,23,25). The van der Waals surface area contributed by atoms with Gasteiger partial charge in [-0.3, -0.25) is 9.10 Å². The molecule has 0 fully saturated rings. The Morgan fingerprint density at radius 1 is 1.07 bits per heavy atom. The summed E-state index contributed by atoms with van der Waals surface area (Å²) in [5.41, 5.74) is 2.34. The summed E-state index contributed by atoms with van der Waals surface area (Å²) in [5.74, 6) is 0.330. The third-order valence-corrected chi connectivity index (χ3v) is 7.05. The minimum atomic E-state index is -3.84. The number of anilines is 1. The van der Waals surface area contributed by atoms with Gasteiger partial charge in [0, 0.05) is 6.04 Å². The van der Waals surface area contributed by atoms with E-state index in [-0.39, 0.29) is 29.3 Å². The molecule has 1 heterocycles. The Labute approximate surface area is 172 Å². The molecule has 0 aromatic heterocycles. The number of sulfonamides is 1. The fourth-order valence-electron chi connectivity index (χ4n) is 3.05. The molecular formula is C22H28N2O4S. The van der Waals surface area contributed by atoms with E-state index < -0.39 is 16.1 Å². The molecule has 0 aliphatic carbocycles. The van der Waals surface area contributed by atoms with Crippen LogP contribution in [0.4, 0.5) is 5.69 Å². The van der Waals surface area contributed by atoms with E-state index in [1.165, 1.54) is 4.31 Å². The highest BCUT2D eigenvalue weighted by molar-refractivity contribution is 7.92. The molecule has 0 saturated heterocycles. The lowest BCUT2D eigenvalue weighted by atomic mass is 10.1. The second-order valence-electron chi connectivity index (χ2n) is 7.97. The maximum Gasteiger partial charge on any atom is 0.264 e. The Kier molecular flexibility index (Phi) is 5.89. The second-order valence-corrected chi connectivity index (χ2v) is 9.83. The molecule has 2 atom stereocenters. The summed E-state index contributed by atoms with van der Waals surface area (Å²) in [4.78, 5) is 13.0. The van der Waals surface area contributed by atoms with E-state index >= 15 is 0 Å². The van der Waals surface area contributed by atoms with E-state index in [1.54, 1.807) is 36.4 Å². The maximum atomic E-state index is 13.4. The zero-order valence-corrected chi connectivity index (χ0v) is 18.3. The number of aryl methyl sites for hydroxylation is 2. The fourth-order valence-corrected chi connectivity index (χ4v) is 4.52.